The molecule has 1 fully saturated rings. The van der Waals surface area contributed by atoms with E-state index in [0.717, 1.165) is 0 Å². The maximum Gasteiger partial charge on any atom is 0.326 e. The van der Waals surface area contributed by atoms with Gasteiger partial charge in [-0.2, -0.15) is 0 Å². The highest BCUT2D eigenvalue weighted by molar-refractivity contribution is 5.96. The maximum absolute atomic E-state index is 13.2. The van der Waals surface area contributed by atoms with Crippen molar-refractivity contribution >= 4 is 53.3 Å². The van der Waals surface area contributed by atoms with Gasteiger partial charge in [-0.1, -0.05) is 0 Å². The van der Waals surface area contributed by atoms with E-state index >= 15 is 0 Å². The number of carboxylic acid groups (broad SMARTS) is 2. The molecule has 50 heavy (non-hydrogen) atoms. The van der Waals surface area contributed by atoms with E-state index in [2.05, 4.69) is 31.9 Å². The van der Waals surface area contributed by atoms with Crippen molar-refractivity contribution in [3.63, 3.8) is 0 Å². The largest absolute Gasteiger partial charge is 0.481 e. The molecule has 0 aromatic carbocycles. The molecule has 12 N–H and O–H groups in total. The predicted octanol–water partition coefficient (Wildman–Crippen LogP) is -4.00. The highest BCUT2D eigenvalue weighted by Gasteiger charge is 2.38. The lowest BCUT2D eigenvalue weighted by atomic mass is 10.1. The lowest BCUT2D eigenvalue weighted by Gasteiger charge is -2.28. The van der Waals surface area contributed by atoms with Crippen molar-refractivity contribution in [2.24, 2.45) is 11.5 Å². The average Bonchev–Trinajstić information content (AvgIpc) is 3.54. The van der Waals surface area contributed by atoms with E-state index < -0.39 is 109 Å². The Bertz CT molecular complexity index is 1260. The van der Waals surface area contributed by atoms with Crippen molar-refractivity contribution in [3.8, 4) is 0 Å². The number of hydrogen-bond acceptors (Lipinski definition) is 11. The minimum Gasteiger partial charge on any atom is -0.481 e. The van der Waals surface area contributed by atoms with Gasteiger partial charge in [0.15, 0.2) is 0 Å². The summed E-state index contributed by atoms with van der Waals surface area (Å²) in [6.07, 6.45) is 1.06. The summed E-state index contributed by atoms with van der Waals surface area (Å²) >= 11 is 0. The lowest BCUT2D eigenvalue weighted by Crippen LogP contribution is -2.57. The van der Waals surface area contributed by atoms with E-state index in [0.29, 0.717) is 25.8 Å². The standard InChI is InChI=1S/C30H51N9O11/c1-15(32)24(43)35-17(3)26(45)37-19(8-5-6-12-31)27(46)33-14-22(40)34-16(2)25(44)36-18(4)29(48)39-13-7-9-21(39)28(47)38-20(30(49)50)10-11-23(41)42/h15-21H,5-14,31-32H2,1-4H3,(H,33,46)(H,34,40)(H,35,43)(H,36,44)(H,37,45)(H,38,47)(H,41,42)(H,49,50)/t15-,16-,17-,18-,19-,20-,21-/m0/s1. The number of hydrogen-bond donors (Lipinski definition) is 10. The minimum absolute atomic E-state index is 0.157. The molecular weight excluding hydrogens is 662 g/mol. The van der Waals surface area contributed by atoms with Crippen molar-refractivity contribution in [1.29, 1.82) is 0 Å². The van der Waals surface area contributed by atoms with Crippen LogP contribution in [-0.4, -0.2) is 130 Å². The number of carboxylic acids is 2. The van der Waals surface area contributed by atoms with Crippen LogP contribution in [0.15, 0.2) is 0 Å². The molecule has 1 rings (SSSR count). The Kier molecular flexibility index (Phi) is 18.4. The minimum atomic E-state index is -1.47. The van der Waals surface area contributed by atoms with E-state index in [-0.39, 0.29) is 25.8 Å². The summed E-state index contributed by atoms with van der Waals surface area (Å²) < 4.78 is 0. The summed E-state index contributed by atoms with van der Waals surface area (Å²) in [6.45, 7) is 5.54. The van der Waals surface area contributed by atoms with Crippen LogP contribution in [0.3, 0.4) is 0 Å². The third-order valence-electron chi connectivity index (χ3n) is 7.77. The SMILES string of the molecule is C[C@H](N)C(=O)N[C@@H](C)C(=O)N[C@@H](CCCCN)C(=O)NCC(=O)N[C@@H](C)C(=O)N[C@@H](C)C(=O)N1CCC[C@H]1C(=O)N[C@@H](CCC(=O)O)C(=O)O. The van der Waals surface area contributed by atoms with E-state index in [4.69, 9.17) is 16.6 Å². The molecule has 7 atom stereocenters. The zero-order valence-electron chi connectivity index (χ0n) is 28.8. The van der Waals surface area contributed by atoms with Crippen molar-refractivity contribution in [1.82, 2.24) is 36.8 Å². The monoisotopic (exact) mass is 713 g/mol. The second-order valence-corrected chi connectivity index (χ2v) is 12.1. The molecule has 1 aliphatic rings. The van der Waals surface area contributed by atoms with Crippen molar-refractivity contribution in [2.75, 3.05) is 19.6 Å². The Morgan fingerprint density at radius 2 is 1.34 bits per heavy atom. The number of carbonyl (C=O) groups is 9. The van der Waals surface area contributed by atoms with Gasteiger partial charge in [0.05, 0.1) is 12.6 Å². The molecule has 0 unspecified atom stereocenters. The van der Waals surface area contributed by atoms with Crippen LogP contribution in [0.2, 0.25) is 0 Å². The van der Waals surface area contributed by atoms with E-state index in [1.54, 1.807) is 0 Å². The molecule has 0 aromatic rings. The third kappa shape index (κ3) is 14.7. The molecule has 0 aromatic heterocycles. The van der Waals surface area contributed by atoms with Crippen LogP contribution >= 0.6 is 0 Å². The Morgan fingerprint density at radius 1 is 0.740 bits per heavy atom. The lowest BCUT2D eigenvalue weighted by molar-refractivity contribution is -0.145. The molecule has 20 heteroatoms. The summed E-state index contributed by atoms with van der Waals surface area (Å²) in [5.74, 6) is -7.45. The topological polar surface area (TPSA) is 322 Å². The Labute approximate surface area is 289 Å². The van der Waals surface area contributed by atoms with E-state index in [9.17, 15) is 48.3 Å². The van der Waals surface area contributed by atoms with Gasteiger partial charge >= 0.3 is 11.9 Å². The number of aliphatic carboxylic acids is 2. The first-order valence-corrected chi connectivity index (χ1v) is 16.4. The van der Waals surface area contributed by atoms with Crippen LogP contribution in [-0.2, 0) is 43.2 Å². The second-order valence-electron chi connectivity index (χ2n) is 12.1. The van der Waals surface area contributed by atoms with Gasteiger partial charge < -0.3 is 58.5 Å². The van der Waals surface area contributed by atoms with E-state index in [1.165, 1.54) is 32.6 Å². The fourth-order valence-corrected chi connectivity index (χ4v) is 4.86. The molecule has 1 heterocycles. The molecule has 1 aliphatic heterocycles. The molecule has 7 amide bonds. The average molecular weight is 714 g/mol. The Hall–Kier alpha value is -4.85. The van der Waals surface area contributed by atoms with Crippen molar-refractivity contribution < 1.29 is 53.4 Å². The fourth-order valence-electron chi connectivity index (χ4n) is 4.86. The number of nitrogens with two attached hydrogens (primary N) is 2. The zero-order chi connectivity index (χ0) is 38.1. The molecule has 20 nitrogen and oxygen atoms in total. The maximum atomic E-state index is 13.2. The van der Waals surface area contributed by atoms with Crippen LogP contribution in [0.25, 0.3) is 0 Å². The second kappa shape index (κ2) is 21.3. The van der Waals surface area contributed by atoms with Gasteiger partial charge in [0.2, 0.25) is 41.4 Å². The van der Waals surface area contributed by atoms with Crippen molar-refractivity contribution in [2.45, 2.75) is 115 Å². The van der Waals surface area contributed by atoms with Gasteiger partial charge in [-0.15, -0.1) is 0 Å². The number of nitrogens with zero attached hydrogens (tertiary/aromatic N) is 1. The van der Waals surface area contributed by atoms with Gasteiger partial charge in [0, 0.05) is 13.0 Å². The van der Waals surface area contributed by atoms with Crippen LogP contribution in [0, 0.1) is 0 Å². The Morgan fingerprint density at radius 3 is 1.92 bits per heavy atom. The molecule has 0 radical (unpaired) electrons. The van der Waals surface area contributed by atoms with Gasteiger partial charge in [0.25, 0.3) is 0 Å². The van der Waals surface area contributed by atoms with Gasteiger partial charge in [-0.25, -0.2) is 4.79 Å². The van der Waals surface area contributed by atoms with Crippen molar-refractivity contribution in [3.05, 3.63) is 0 Å². The van der Waals surface area contributed by atoms with Crippen LogP contribution in [0.1, 0.15) is 72.6 Å². The summed E-state index contributed by atoms with van der Waals surface area (Å²) in [5.41, 5.74) is 11.0. The number of unbranched alkanes of at least 4 members (excludes halogenated alkanes) is 1. The van der Waals surface area contributed by atoms with Gasteiger partial charge in [0.1, 0.15) is 36.3 Å². The van der Waals surface area contributed by atoms with E-state index in [1.807, 2.05) is 0 Å². The third-order valence-corrected chi connectivity index (χ3v) is 7.77. The highest BCUT2D eigenvalue weighted by Crippen LogP contribution is 2.19. The van der Waals surface area contributed by atoms with Crippen LogP contribution < -0.4 is 43.4 Å². The first-order chi connectivity index (χ1) is 23.4. The number of rotatable bonds is 21. The summed E-state index contributed by atoms with van der Waals surface area (Å²) in [6, 6.07) is -7.70. The smallest absolute Gasteiger partial charge is 0.326 e. The number of nitrogens with one attached hydrogen (secondary N) is 6. The summed E-state index contributed by atoms with van der Waals surface area (Å²) in [7, 11) is 0. The molecular formula is C30H51N9O11. The molecule has 0 saturated carbocycles. The summed E-state index contributed by atoms with van der Waals surface area (Å²) in [4.78, 5) is 112. The fraction of sp³-hybridized carbons (Fsp3) is 0.700. The number of likely N-dealkylation sites (tertiary alicyclic amines) is 1. The molecule has 0 aliphatic carbocycles. The normalized spacial score (nSPS) is 17.5. The highest BCUT2D eigenvalue weighted by atomic mass is 16.4. The first kappa shape index (κ1) is 43.2. The van der Waals surface area contributed by atoms with Crippen LogP contribution in [0.4, 0.5) is 0 Å². The first-order valence-electron chi connectivity index (χ1n) is 16.4. The quantitative estimate of drug-likeness (QED) is 0.0508. The van der Waals surface area contributed by atoms with Gasteiger partial charge in [-0.05, 0) is 72.8 Å². The summed E-state index contributed by atoms with van der Waals surface area (Å²) in [5, 5.41) is 32.7. The molecule has 1 saturated heterocycles. The molecule has 0 bridgehead atoms. The predicted molar refractivity (Wildman–Crippen MR) is 175 cm³/mol. The number of amides is 7. The molecule has 0 spiro atoms. The zero-order valence-corrected chi connectivity index (χ0v) is 28.8. The Balaban J connectivity index is 2.71. The van der Waals surface area contributed by atoms with Crippen LogP contribution in [0.5, 0.6) is 0 Å². The molecule has 282 valence electrons. The number of carbonyl (C=O) groups excluding carboxylic acids is 7. The van der Waals surface area contributed by atoms with Gasteiger partial charge in [-0.3, -0.25) is 38.4 Å².